The first-order valence-corrected chi connectivity index (χ1v) is 12.9. The number of tetrazole rings is 1. The molecule has 5 rings (SSSR count). The quantitative estimate of drug-likeness (QED) is 0.508. The Kier molecular flexibility index (Phi) is 7.06. The predicted molar refractivity (Wildman–Crippen MR) is 132 cm³/mol. The molecule has 2 fully saturated rings. The number of hydrogen-bond donors (Lipinski definition) is 1. The minimum atomic E-state index is -0.00436. The summed E-state index contributed by atoms with van der Waals surface area (Å²) in [4.78, 5) is 18.7. The van der Waals surface area contributed by atoms with Crippen LogP contribution in [0.25, 0.3) is 10.9 Å². The molecule has 0 radical (unpaired) electrons. The van der Waals surface area contributed by atoms with E-state index in [0.717, 1.165) is 73.0 Å². The fraction of sp³-hybridized carbons (Fsp3) is 0.615. The minimum Gasteiger partial charge on any atom is -0.376 e. The summed E-state index contributed by atoms with van der Waals surface area (Å²) < 4.78 is 7.82. The van der Waals surface area contributed by atoms with Gasteiger partial charge in [0.1, 0.15) is 0 Å². The van der Waals surface area contributed by atoms with Crippen molar-refractivity contribution in [1.82, 2.24) is 30.1 Å². The highest BCUT2D eigenvalue weighted by Crippen LogP contribution is 2.34. The van der Waals surface area contributed by atoms with Crippen LogP contribution in [0.4, 0.5) is 0 Å². The van der Waals surface area contributed by atoms with E-state index in [-0.39, 0.29) is 17.7 Å². The molecule has 1 N–H and O–H groups in total. The maximum absolute atomic E-state index is 13.1. The third kappa shape index (κ3) is 4.93. The third-order valence-corrected chi connectivity index (χ3v) is 7.45. The molecule has 3 heterocycles. The fourth-order valence-electron chi connectivity index (χ4n) is 5.68. The molecular weight excluding hydrogens is 428 g/mol. The van der Waals surface area contributed by atoms with Gasteiger partial charge >= 0.3 is 0 Å². The molecule has 2 atom stereocenters. The first-order valence-electron chi connectivity index (χ1n) is 12.9. The van der Waals surface area contributed by atoms with Crippen molar-refractivity contribution < 1.29 is 4.74 Å². The lowest BCUT2D eigenvalue weighted by Gasteiger charge is -2.35. The van der Waals surface area contributed by atoms with Gasteiger partial charge in [-0.3, -0.25) is 9.69 Å². The average Bonchev–Trinajstić information content (AvgIpc) is 3.60. The third-order valence-electron chi connectivity index (χ3n) is 7.45. The van der Waals surface area contributed by atoms with E-state index < -0.39 is 0 Å². The zero-order chi connectivity index (χ0) is 23.5. The lowest BCUT2D eigenvalue weighted by Crippen LogP contribution is -2.39. The van der Waals surface area contributed by atoms with Gasteiger partial charge in [-0.1, -0.05) is 38.3 Å². The topological polar surface area (TPSA) is 88.9 Å². The van der Waals surface area contributed by atoms with Gasteiger partial charge in [-0.15, -0.1) is 5.10 Å². The van der Waals surface area contributed by atoms with Crippen molar-refractivity contribution in [1.29, 1.82) is 0 Å². The second kappa shape index (κ2) is 10.4. The Hall–Kier alpha value is -2.58. The van der Waals surface area contributed by atoms with Gasteiger partial charge in [-0.05, 0) is 72.5 Å². The van der Waals surface area contributed by atoms with Crippen LogP contribution < -0.4 is 5.56 Å². The molecule has 1 aliphatic carbocycles. The highest BCUT2D eigenvalue weighted by Gasteiger charge is 2.33. The van der Waals surface area contributed by atoms with Gasteiger partial charge in [0.25, 0.3) is 5.56 Å². The molecule has 1 aromatic carbocycles. The van der Waals surface area contributed by atoms with E-state index in [4.69, 9.17) is 4.74 Å². The summed E-state index contributed by atoms with van der Waals surface area (Å²) >= 11 is 0. The maximum atomic E-state index is 13.1. The molecule has 34 heavy (non-hydrogen) atoms. The Bertz CT molecular complexity index is 1160. The van der Waals surface area contributed by atoms with Crippen molar-refractivity contribution in [3.05, 3.63) is 51.6 Å². The van der Waals surface area contributed by atoms with E-state index in [2.05, 4.69) is 50.5 Å². The van der Waals surface area contributed by atoms with Gasteiger partial charge in [0.15, 0.2) is 5.82 Å². The van der Waals surface area contributed by atoms with Crippen molar-refractivity contribution in [2.75, 3.05) is 6.61 Å². The van der Waals surface area contributed by atoms with Crippen molar-refractivity contribution in [2.45, 2.75) is 96.5 Å². The summed E-state index contributed by atoms with van der Waals surface area (Å²) in [5.74, 6) is 0.900. The number of hydrogen-bond acceptors (Lipinski definition) is 6. The average molecular weight is 465 g/mol. The summed E-state index contributed by atoms with van der Waals surface area (Å²) in [7, 11) is 0. The Morgan fingerprint density at radius 3 is 2.82 bits per heavy atom. The minimum absolute atomic E-state index is 0.00436. The van der Waals surface area contributed by atoms with Crippen molar-refractivity contribution in [2.24, 2.45) is 0 Å². The standard InChI is InChI=1S/C26H36N6O2/c1-3-7-24(25-28-29-30-32(25)17-22-10-6-13-34-22)31(21-8-4-5-9-21)16-20-15-19-12-11-18(2)14-23(19)27-26(20)33/h11-12,14-15,21-22,24H,3-10,13,16-17H2,1-2H3,(H,27,33)/t22-,24-/m1/s1. The number of pyridine rings is 1. The molecule has 1 saturated carbocycles. The van der Waals surface area contributed by atoms with Gasteiger partial charge in [-0.2, -0.15) is 0 Å². The summed E-state index contributed by atoms with van der Waals surface area (Å²) in [6.45, 7) is 6.36. The number of ether oxygens (including phenoxy) is 1. The first kappa shape index (κ1) is 23.2. The normalized spacial score (nSPS) is 20.0. The molecule has 0 spiro atoms. The molecule has 3 aromatic rings. The second-order valence-electron chi connectivity index (χ2n) is 9.98. The zero-order valence-electron chi connectivity index (χ0n) is 20.4. The van der Waals surface area contributed by atoms with E-state index in [1.807, 2.05) is 17.7 Å². The van der Waals surface area contributed by atoms with Crippen LogP contribution in [0.5, 0.6) is 0 Å². The summed E-state index contributed by atoms with van der Waals surface area (Å²) in [6, 6.07) is 8.78. The highest BCUT2D eigenvalue weighted by molar-refractivity contribution is 5.79. The van der Waals surface area contributed by atoms with Crippen molar-refractivity contribution >= 4 is 10.9 Å². The number of nitrogens with zero attached hydrogens (tertiary/aromatic N) is 5. The van der Waals surface area contributed by atoms with E-state index in [1.165, 1.54) is 12.8 Å². The lowest BCUT2D eigenvalue weighted by molar-refractivity contribution is 0.0828. The maximum Gasteiger partial charge on any atom is 0.252 e. The first-order chi connectivity index (χ1) is 16.6. The number of aromatic nitrogens is 5. The van der Waals surface area contributed by atoms with E-state index in [0.29, 0.717) is 19.1 Å². The molecule has 2 aromatic heterocycles. The fourth-order valence-corrected chi connectivity index (χ4v) is 5.68. The van der Waals surface area contributed by atoms with Crippen LogP contribution in [-0.4, -0.2) is 48.8 Å². The molecule has 0 bridgehead atoms. The van der Waals surface area contributed by atoms with Gasteiger partial charge in [0.2, 0.25) is 0 Å². The van der Waals surface area contributed by atoms with Crippen molar-refractivity contribution in [3.8, 4) is 0 Å². The van der Waals surface area contributed by atoms with E-state index in [1.54, 1.807) is 0 Å². The number of aromatic amines is 1. The Morgan fingerprint density at radius 1 is 1.21 bits per heavy atom. The van der Waals surface area contributed by atoms with Crippen LogP contribution in [0.3, 0.4) is 0 Å². The molecule has 182 valence electrons. The number of nitrogens with one attached hydrogen (secondary N) is 1. The van der Waals surface area contributed by atoms with Crippen LogP contribution >= 0.6 is 0 Å². The Balaban J connectivity index is 1.49. The van der Waals surface area contributed by atoms with Crippen molar-refractivity contribution in [3.63, 3.8) is 0 Å². The van der Waals surface area contributed by atoms with Gasteiger partial charge in [0.05, 0.1) is 18.7 Å². The molecule has 1 aliphatic heterocycles. The highest BCUT2D eigenvalue weighted by atomic mass is 16.5. The molecular formula is C26H36N6O2. The second-order valence-corrected chi connectivity index (χ2v) is 9.98. The molecule has 8 nitrogen and oxygen atoms in total. The molecule has 0 amide bonds. The van der Waals surface area contributed by atoms with Crippen LogP contribution in [-0.2, 0) is 17.8 Å². The van der Waals surface area contributed by atoms with E-state index in [9.17, 15) is 4.79 Å². The van der Waals surface area contributed by atoms with Gasteiger partial charge in [-0.25, -0.2) is 4.68 Å². The van der Waals surface area contributed by atoms with Crippen LogP contribution in [0.2, 0.25) is 0 Å². The summed E-state index contributed by atoms with van der Waals surface area (Å²) in [6.07, 6.45) is 9.06. The number of aryl methyl sites for hydroxylation is 1. The predicted octanol–water partition coefficient (Wildman–Crippen LogP) is 4.29. The lowest BCUT2D eigenvalue weighted by atomic mass is 10.0. The van der Waals surface area contributed by atoms with Gasteiger partial charge < -0.3 is 9.72 Å². The number of benzene rings is 1. The molecule has 0 unspecified atom stereocenters. The van der Waals surface area contributed by atoms with E-state index >= 15 is 0 Å². The molecule has 8 heteroatoms. The Morgan fingerprint density at radius 2 is 2.06 bits per heavy atom. The largest absolute Gasteiger partial charge is 0.376 e. The summed E-state index contributed by atoms with van der Waals surface area (Å²) in [5, 5.41) is 14.0. The van der Waals surface area contributed by atoms with Crippen LogP contribution in [0, 0.1) is 6.92 Å². The number of H-pyrrole nitrogens is 1. The summed E-state index contributed by atoms with van der Waals surface area (Å²) in [5.41, 5.74) is 2.84. The molecule has 2 aliphatic rings. The smallest absolute Gasteiger partial charge is 0.252 e. The number of rotatable bonds is 9. The van der Waals surface area contributed by atoms with Gasteiger partial charge in [0, 0.05) is 30.3 Å². The van der Waals surface area contributed by atoms with Crippen LogP contribution in [0.1, 0.15) is 81.3 Å². The SMILES string of the molecule is CCC[C@H](c1nnnn1C[C@H]1CCCO1)N(Cc1cc2ccc(C)cc2[nH]c1=O)C1CCCC1. The Labute approximate surface area is 200 Å². The van der Waals surface area contributed by atoms with Crippen LogP contribution in [0.15, 0.2) is 29.1 Å². The molecule has 1 saturated heterocycles. The number of fused-ring (bicyclic) bond motifs is 1. The monoisotopic (exact) mass is 464 g/mol. The zero-order valence-corrected chi connectivity index (χ0v) is 20.4.